The number of hydrogen-bond donors (Lipinski definition) is 0. The number of aryl methyl sites for hydroxylation is 1. The molecule has 1 fully saturated rings. The van der Waals surface area contributed by atoms with Crippen LogP contribution in [0.5, 0.6) is 0 Å². The van der Waals surface area contributed by atoms with Crippen molar-refractivity contribution in [3.63, 3.8) is 0 Å². The topological polar surface area (TPSA) is 82.4 Å². The number of carboxylic acid groups (broad SMARTS) is 1. The van der Waals surface area contributed by atoms with Gasteiger partial charge in [-0.05, 0) is 74.9 Å². The van der Waals surface area contributed by atoms with Crippen LogP contribution < -0.4 is 5.11 Å². The number of hydrogen-bond acceptors (Lipinski definition) is 5. The van der Waals surface area contributed by atoms with Gasteiger partial charge in [-0.25, -0.2) is 0 Å². The maximum atomic E-state index is 12.5. The molecule has 2 heterocycles. The molecule has 0 N–H and O–H groups in total. The molecule has 0 bridgehead atoms. The van der Waals surface area contributed by atoms with Gasteiger partial charge in [0, 0.05) is 23.1 Å². The quantitative estimate of drug-likeness (QED) is 0.758. The van der Waals surface area contributed by atoms with Gasteiger partial charge in [0.25, 0.3) is 11.1 Å². The predicted molar refractivity (Wildman–Crippen MR) is 103 cm³/mol. The molecule has 1 aromatic carbocycles. The van der Waals surface area contributed by atoms with Gasteiger partial charge in [-0.1, -0.05) is 12.1 Å². The van der Waals surface area contributed by atoms with Gasteiger partial charge in [-0.2, -0.15) is 0 Å². The SMILES string of the molecule is Cc1cc(/C=C2/SC(=O)N(C(C)C)C2=O)c(C)n1-c1ccc(C(=O)[O-])cc1. The number of benzene rings is 1. The third-order valence-electron chi connectivity index (χ3n) is 4.46. The van der Waals surface area contributed by atoms with E-state index in [1.54, 1.807) is 18.2 Å². The van der Waals surface area contributed by atoms with E-state index >= 15 is 0 Å². The third-order valence-corrected chi connectivity index (χ3v) is 5.34. The number of amides is 2. The average molecular weight is 383 g/mol. The summed E-state index contributed by atoms with van der Waals surface area (Å²) in [6.45, 7) is 7.46. The zero-order valence-corrected chi connectivity index (χ0v) is 16.3. The van der Waals surface area contributed by atoms with E-state index in [1.807, 2.05) is 38.3 Å². The van der Waals surface area contributed by atoms with Gasteiger partial charge < -0.3 is 14.5 Å². The fraction of sp³-hybridized carbons (Fsp3) is 0.250. The molecule has 6 nitrogen and oxygen atoms in total. The molecule has 0 saturated carbocycles. The Balaban J connectivity index is 1.98. The summed E-state index contributed by atoms with van der Waals surface area (Å²) in [5.74, 6) is -1.49. The first kappa shape index (κ1) is 19.0. The second kappa shape index (κ2) is 7.08. The standard InChI is InChI=1S/C20H20N2O4S/c1-11(2)21-18(23)17(27-20(21)26)10-15-9-12(3)22(13(15)4)16-7-5-14(6-8-16)19(24)25/h5-11H,1-4H3,(H,24,25)/p-1/b17-10+. The van der Waals surface area contributed by atoms with Crippen molar-refractivity contribution in [3.8, 4) is 5.69 Å². The minimum atomic E-state index is -1.22. The van der Waals surface area contributed by atoms with Crippen LogP contribution >= 0.6 is 11.8 Å². The number of imide groups is 1. The highest BCUT2D eigenvalue weighted by molar-refractivity contribution is 8.18. The van der Waals surface area contributed by atoms with Gasteiger partial charge in [-0.3, -0.25) is 14.5 Å². The first-order valence-electron chi connectivity index (χ1n) is 8.48. The first-order chi connectivity index (χ1) is 12.7. The molecule has 0 unspecified atom stereocenters. The summed E-state index contributed by atoms with van der Waals surface area (Å²) < 4.78 is 1.97. The van der Waals surface area contributed by atoms with Crippen molar-refractivity contribution in [3.05, 3.63) is 57.8 Å². The van der Waals surface area contributed by atoms with Crippen LogP contribution in [0.25, 0.3) is 11.8 Å². The van der Waals surface area contributed by atoms with Crippen LogP contribution in [0.1, 0.15) is 41.2 Å². The number of carbonyl (C=O) groups is 3. The second-order valence-corrected chi connectivity index (χ2v) is 7.63. The molecule has 140 valence electrons. The summed E-state index contributed by atoms with van der Waals surface area (Å²) in [6.07, 6.45) is 1.74. The van der Waals surface area contributed by atoms with E-state index in [9.17, 15) is 19.5 Å². The molecule has 3 rings (SSSR count). The molecule has 2 amide bonds. The lowest BCUT2D eigenvalue weighted by atomic mass is 10.2. The average Bonchev–Trinajstić information content (AvgIpc) is 3.03. The Morgan fingerprint density at radius 3 is 2.30 bits per heavy atom. The molecule has 1 saturated heterocycles. The zero-order chi connectivity index (χ0) is 19.9. The Morgan fingerprint density at radius 2 is 1.78 bits per heavy atom. The summed E-state index contributed by atoms with van der Waals surface area (Å²) in [5, 5.41) is 10.7. The van der Waals surface area contributed by atoms with Crippen LogP contribution in [-0.2, 0) is 4.79 Å². The number of rotatable bonds is 4. The Kier molecular flexibility index (Phi) is 4.97. The molecule has 1 aromatic heterocycles. The number of carbonyl (C=O) groups excluding carboxylic acids is 3. The van der Waals surface area contributed by atoms with Crippen molar-refractivity contribution in [1.82, 2.24) is 9.47 Å². The summed E-state index contributed by atoms with van der Waals surface area (Å²) in [6, 6.07) is 8.17. The molecular weight excluding hydrogens is 364 g/mol. The number of carboxylic acids is 1. The predicted octanol–water partition coefficient (Wildman–Crippen LogP) is 2.90. The number of thioether (sulfide) groups is 1. The lowest BCUT2D eigenvalue weighted by molar-refractivity contribution is -0.255. The molecule has 1 aliphatic heterocycles. The summed E-state index contributed by atoms with van der Waals surface area (Å²) in [7, 11) is 0. The van der Waals surface area contributed by atoms with Gasteiger partial charge in [0.1, 0.15) is 0 Å². The molecule has 0 aliphatic carbocycles. The van der Waals surface area contributed by atoms with Crippen molar-refractivity contribution in [2.24, 2.45) is 0 Å². The summed E-state index contributed by atoms with van der Waals surface area (Å²) in [5.41, 5.74) is 3.59. The van der Waals surface area contributed by atoms with Crippen molar-refractivity contribution < 1.29 is 19.5 Å². The fourth-order valence-electron chi connectivity index (χ4n) is 3.14. The van der Waals surface area contributed by atoms with E-state index in [4.69, 9.17) is 0 Å². The molecule has 1 aliphatic rings. The number of nitrogens with zero attached hydrogens (tertiary/aromatic N) is 2. The molecule has 27 heavy (non-hydrogen) atoms. The highest BCUT2D eigenvalue weighted by Gasteiger charge is 2.36. The van der Waals surface area contributed by atoms with Crippen LogP contribution in [0.15, 0.2) is 35.2 Å². The van der Waals surface area contributed by atoms with Gasteiger partial charge >= 0.3 is 0 Å². The highest BCUT2D eigenvalue weighted by Crippen LogP contribution is 2.34. The normalized spacial score (nSPS) is 16.0. The number of aromatic carboxylic acids is 1. The lowest BCUT2D eigenvalue weighted by Crippen LogP contribution is -2.34. The molecule has 7 heteroatoms. The van der Waals surface area contributed by atoms with Crippen LogP contribution in [0.4, 0.5) is 4.79 Å². The van der Waals surface area contributed by atoms with Gasteiger partial charge in [0.2, 0.25) is 0 Å². The van der Waals surface area contributed by atoms with Crippen molar-refractivity contribution in [2.75, 3.05) is 0 Å². The summed E-state index contributed by atoms with van der Waals surface area (Å²) in [4.78, 5) is 37.1. The molecule has 0 spiro atoms. The largest absolute Gasteiger partial charge is 0.545 e. The van der Waals surface area contributed by atoms with E-state index in [0.29, 0.717) is 4.91 Å². The fourth-order valence-corrected chi connectivity index (χ4v) is 4.10. The van der Waals surface area contributed by atoms with Crippen LogP contribution in [-0.4, -0.2) is 32.6 Å². The monoisotopic (exact) mass is 383 g/mol. The van der Waals surface area contributed by atoms with Gasteiger partial charge in [0.05, 0.1) is 10.9 Å². The molecule has 0 atom stereocenters. The van der Waals surface area contributed by atoms with E-state index in [1.165, 1.54) is 17.0 Å². The highest BCUT2D eigenvalue weighted by atomic mass is 32.2. The smallest absolute Gasteiger partial charge is 0.293 e. The minimum absolute atomic E-state index is 0.115. The van der Waals surface area contributed by atoms with Crippen molar-refractivity contribution in [1.29, 1.82) is 0 Å². The Labute approximate surface area is 161 Å². The second-order valence-electron chi connectivity index (χ2n) is 6.64. The molecule has 0 radical (unpaired) electrons. The van der Waals surface area contributed by atoms with Crippen LogP contribution in [0.2, 0.25) is 0 Å². The van der Waals surface area contributed by atoms with Crippen LogP contribution in [0, 0.1) is 13.8 Å². The van der Waals surface area contributed by atoms with E-state index in [-0.39, 0.29) is 22.8 Å². The van der Waals surface area contributed by atoms with Gasteiger partial charge in [-0.15, -0.1) is 0 Å². The van der Waals surface area contributed by atoms with Crippen LogP contribution in [0.3, 0.4) is 0 Å². The molecular formula is C20H19N2O4S-. The van der Waals surface area contributed by atoms with Crippen molar-refractivity contribution in [2.45, 2.75) is 33.7 Å². The lowest BCUT2D eigenvalue weighted by Gasteiger charge is -2.16. The Hall–Kier alpha value is -2.80. The maximum absolute atomic E-state index is 12.5. The maximum Gasteiger partial charge on any atom is 0.293 e. The number of aromatic nitrogens is 1. The Morgan fingerprint density at radius 1 is 1.15 bits per heavy atom. The third kappa shape index (κ3) is 3.42. The van der Waals surface area contributed by atoms with E-state index < -0.39 is 5.97 Å². The van der Waals surface area contributed by atoms with Gasteiger partial charge in [0.15, 0.2) is 0 Å². The Bertz CT molecular complexity index is 971. The zero-order valence-electron chi connectivity index (χ0n) is 15.5. The van der Waals surface area contributed by atoms with E-state index in [0.717, 1.165) is 34.4 Å². The van der Waals surface area contributed by atoms with Crippen molar-refractivity contribution >= 4 is 35.0 Å². The first-order valence-corrected chi connectivity index (χ1v) is 9.30. The summed E-state index contributed by atoms with van der Waals surface area (Å²) >= 11 is 0.947. The molecule has 2 aromatic rings. The minimum Gasteiger partial charge on any atom is -0.545 e. The van der Waals surface area contributed by atoms with E-state index in [2.05, 4.69) is 0 Å².